The first kappa shape index (κ1) is 9.33. The van der Waals surface area contributed by atoms with Crippen LogP contribution < -0.4 is 0 Å². The molecule has 0 amide bonds. The predicted molar refractivity (Wildman–Crippen MR) is 57.1 cm³/mol. The van der Waals surface area contributed by atoms with Crippen molar-refractivity contribution in [3.05, 3.63) is 11.9 Å². The Labute approximate surface area is 90.3 Å². The van der Waals surface area contributed by atoms with Crippen LogP contribution in [-0.4, -0.2) is 33.0 Å². The average Bonchev–Trinajstić information content (AvgIpc) is 2.81. The van der Waals surface area contributed by atoms with E-state index in [0.717, 1.165) is 24.1 Å². The van der Waals surface area contributed by atoms with Crippen LogP contribution in [0.15, 0.2) is 6.20 Å². The molecule has 82 valence electrons. The SMILES string of the molecule is Cn1cc(CN2CC3CCCC3C2)nn1. The molecule has 3 rings (SSSR count). The molecule has 0 spiro atoms. The molecule has 0 aromatic carbocycles. The highest BCUT2D eigenvalue weighted by Gasteiger charge is 2.35. The minimum atomic E-state index is 0.974. The third kappa shape index (κ3) is 1.78. The molecule has 1 saturated heterocycles. The number of aromatic nitrogens is 3. The Balaban J connectivity index is 1.61. The molecule has 1 aliphatic heterocycles. The van der Waals surface area contributed by atoms with E-state index in [2.05, 4.69) is 15.2 Å². The van der Waals surface area contributed by atoms with Crippen LogP contribution in [0, 0.1) is 11.8 Å². The lowest BCUT2D eigenvalue weighted by Gasteiger charge is -2.14. The van der Waals surface area contributed by atoms with Crippen LogP contribution in [0.4, 0.5) is 0 Å². The van der Waals surface area contributed by atoms with Crippen molar-refractivity contribution >= 4 is 0 Å². The molecule has 0 N–H and O–H groups in total. The van der Waals surface area contributed by atoms with Crippen LogP contribution in [0.25, 0.3) is 0 Å². The fourth-order valence-corrected chi connectivity index (χ4v) is 3.16. The number of nitrogens with zero attached hydrogens (tertiary/aromatic N) is 4. The van der Waals surface area contributed by atoms with Crippen molar-refractivity contribution in [3.63, 3.8) is 0 Å². The molecule has 0 radical (unpaired) electrons. The second-order valence-corrected chi connectivity index (χ2v) is 5.03. The van der Waals surface area contributed by atoms with Gasteiger partial charge in [0.05, 0.1) is 5.69 Å². The van der Waals surface area contributed by atoms with Gasteiger partial charge in [-0.05, 0) is 24.7 Å². The van der Waals surface area contributed by atoms with Crippen molar-refractivity contribution in [2.24, 2.45) is 18.9 Å². The van der Waals surface area contributed by atoms with Crippen molar-refractivity contribution < 1.29 is 0 Å². The molecular weight excluding hydrogens is 188 g/mol. The molecule has 2 heterocycles. The summed E-state index contributed by atoms with van der Waals surface area (Å²) in [5.74, 6) is 1.95. The van der Waals surface area contributed by atoms with Gasteiger partial charge in [0.15, 0.2) is 0 Å². The van der Waals surface area contributed by atoms with Gasteiger partial charge in [0, 0.05) is 32.9 Å². The molecule has 2 atom stereocenters. The highest BCUT2D eigenvalue weighted by molar-refractivity contribution is 4.95. The second kappa shape index (κ2) is 3.59. The third-order valence-corrected chi connectivity index (χ3v) is 3.84. The largest absolute Gasteiger partial charge is 0.297 e. The molecule has 1 aromatic rings. The van der Waals surface area contributed by atoms with Crippen molar-refractivity contribution in [2.45, 2.75) is 25.8 Å². The van der Waals surface area contributed by atoms with Gasteiger partial charge in [0.1, 0.15) is 0 Å². The summed E-state index contributed by atoms with van der Waals surface area (Å²) in [6.07, 6.45) is 6.37. The number of aryl methyl sites for hydroxylation is 1. The molecule has 4 heteroatoms. The summed E-state index contributed by atoms with van der Waals surface area (Å²) in [7, 11) is 1.93. The maximum Gasteiger partial charge on any atom is 0.0967 e. The van der Waals surface area contributed by atoms with Crippen LogP contribution in [-0.2, 0) is 13.6 Å². The Kier molecular flexibility index (Phi) is 2.24. The van der Waals surface area contributed by atoms with Crippen LogP contribution >= 0.6 is 0 Å². The standard InChI is InChI=1S/C11H18N4/c1-14-7-11(12-13-14)8-15-5-9-3-2-4-10(9)6-15/h7,9-10H,2-6,8H2,1H3. The first-order valence-electron chi connectivity index (χ1n) is 5.89. The van der Waals surface area contributed by atoms with Crippen molar-refractivity contribution in [3.8, 4) is 0 Å². The minimum absolute atomic E-state index is 0.974. The van der Waals surface area contributed by atoms with Gasteiger partial charge in [-0.2, -0.15) is 0 Å². The van der Waals surface area contributed by atoms with Crippen LogP contribution in [0.5, 0.6) is 0 Å². The normalized spacial score (nSPS) is 31.0. The van der Waals surface area contributed by atoms with E-state index < -0.39 is 0 Å². The molecule has 2 unspecified atom stereocenters. The van der Waals surface area contributed by atoms with Crippen LogP contribution in [0.1, 0.15) is 25.0 Å². The smallest absolute Gasteiger partial charge is 0.0967 e. The third-order valence-electron chi connectivity index (χ3n) is 3.84. The van der Waals surface area contributed by atoms with Crippen LogP contribution in [0.2, 0.25) is 0 Å². The lowest BCUT2D eigenvalue weighted by Crippen LogP contribution is -2.21. The van der Waals surface area contributed by atoms with E-state index in [1.807, 2.05) is 13.2 Å². The van der Waals surface area contributed by atoms with Gasteiger partial charge in [-0.15, -0.1) is 5.10 Å². The van der Waals surface area contributed by atoms with Crippen molar-refractivity contribution in [1.29, 1.82) is 0 Å². The van der Waals surface area contributed by atoms with Gasteiger partial charge in [-0.25, -0.2) is 0 Å². The van der Waals surface area contributed by atoms with E-state index in [-0.39, 0.29) is 0 Å². The Morgan fingerprint density at radius 2 is 2.07 bits per heavy atom. The molecule has 2 aliphatic rings. The topological polar surface area (TPSA) is 34.0 Å². The zero-order valence-corrected chi connectivity index (χ0v) is 9.26. The first-order chi connectivity index (χ1) is 7.31. The summed E-state index contributed by atoms with van der Waals surface area (Å²) in [5.41, 5.74) is 1.11. The summed E-state index contributed by atoms with van der Waals surface area (Å²) in [6.45, 7) is 3.54. The maximum absolute atomic E-state index is 4.14. The average molecular weight is 206 g/mol. The Hall–Kier alpha value is -0.900. The van der Waals surface area contributed by atoms with E-state index in [1.165, 1.54) is 32.4 Å². The van der Waals surface area contributed by atoms with E-state index in [0.29, 0.717) is 0 Å². The quantitative estimate of drug-likeness (QED) is 0.725. The highest BCUT2D eigenvalue weighted by Crippen LogP contribution is 2.37. The fraction of sp³-hybridized carbons (Fsp3) is 0.818. The molecule has 1 saturated carbocycles. The van der Waals surface area contributed by atoms with Crippen LogP contribution in [0.3, 0.4) is 0 Å². The van der Waals surface area contributed by atoms with E-state index in [4.69, 9.17) is 0 Å². The Morgan fingerprint density at radius 3 is 2.67 bits per heavy atom. The van der Waals surface area contributed by atoms with E-state index >= 15 is 0 Å². The Bertz CT molecular complexity index is 334. The number of rotatable bonds is 2. The summed E-state index contributed by atoms with van der Waals surface area (Å²) < 4.78 is 1.78. The van der Waals surface area contributed by atoms with Crippen molar-refractivity contribution in [2.75, 3.05) is 13.1 Å². The second-order valence-electron chi connectivity index (χ2n) is 5.03. The number of hydrogen-bond donors (Lipinski definition) is 0. The molecule has 2 fully saturated rings. The lowest BCUT2D eigenvalue weighted by molar-refractivity contribution is 0.300. The van der Waals surface area contributed by atoms with Gasteiger partial charge < -0.3 is 0 Å². The fourth-order valence-electron chi connectivity index (χ4n) is 3.16. The molecule has 1 aromatic heterocycles. The van der Waals surface area contributed by atoms with Gasteiger partial charge >= 0.3 is 0 Å². The predicted octanol–water partition coefficient (Wildman–Crippen LogP) is 1.05. The minimum Gasteiger partial charge on any atom is -0.297 e. The number of hydrogen-bond acceptors (Lipinski definition) is 3. The lowest BCUT2D eigenvalue weighted by atomic mass is 10.0. The number of fused-ring (bicyclic) bond motifs is 1. The van der Waals surface area contributed by atoms with Gasteiger partial charge in [-0.3, -0.25) is 9.58 Å². The van der Waals surface area contributed by atoms with Gasteiger partial charge in [0.25, 0.3) is 0 Å². The highest BCUT2D eigenvalue weighted by atomic mass is 15.4. The molecule has 15 heavy (non-hydrogen) atoms. The van der Waals surface area contributed by atoms with E-state index in [9.17, 15) is 0 Å². The molecule has 1 aliphatic carbocycles. The Morgan fingerprint density at radius 1 is 1.33 bits per heavy atom. The summed E-state index contributed by atoms with van der Waals surface area (Å²) in [4.78, 5) is 2.54. The van der Waals surface area contributed by atoms with Gasteiger partial charge in [0.2, 0.25) is 0 Å². The summed E-state index contributed by atoms with van der Waals surface area (Å²) in [5, 5.41) is 8.12. The van der Waals surface area contributed by atoms with Crippen molar-refractivity contribution in [1.82, 2.24) is 19.9 Å². The number of likely N-dealkylation sites (tertiary alicyclic amines) is 1. The van der Waals surface area contributed by atoms with Gasteiger partial charge in [-0.1, -0.05) is 11.6 Å². The zero-order chi connectivity index (χ0) is 10.3. The zero-order valence-electron chi connectivity index (χ0n) is 9.26. The van der Waals surface area contributed by atoms with E-state index in [1.54, 1.807) is 4.68 Å². The summed E-state index contributed by atoms with van der Waals surface area (Å²) in [6, 6.07) is 0. The molecule has 4 nitrogen and oxygen atoms in total. The summed E-state index contributed by atoms with van der Waals surface area (Å²) >= 11 is 0. The monoisotopic (exact) mass is 206 g/mol. The molecule has 0 bridgehead atoms. The molecular formula is C11H18N4. The maximum atomic E-state index is 4.14. The first-order valence-corrected chi connectivity index (χ1v) is 5.89.